The van der Waals surface area contributed by atoms with Gasteiger partial charge in [-0.15, -0.1) is 0 Å². The van der Waals surface area contributed by atoms with Crippen LogP contribution in [0.5, 0.6) is 11.5 Å². The number of nitrogens with zero attached hydrogens (tertiary/aromatic N) is 2. The van der Waals surface area contributed by atoms with E-state index in [1.165, 1.54) is 24.1 Å². The summed E-state index contributed by atoms with van der Waals surface area (Å²) in [6.45, 7) is 7.71. The summed E-state index contributed by atoms with van der Waals surface area (Å²) >= 11 is 3.37. The molecule has 0 aliphatic heterocycles. The summed E-state index contributed by atoms with van der Waals surface area (Å²) in [6, 6.07) is 17.7. The Morgan fingerprint density at radius 1 is 0.977 bits per heavy atom. The molecular formula is C32H40BrN3O6S. The molecule has 1 N–H and O–H groups in total. The summed E-state index contributed by atoms with van der Waals surface area (Å²) in [7, 11) is -1.18. The maximum Gasteiger partial charge on any atom is 0.264 e. The number of hydrogen-bond donors (Lipinski definition) is 1. The molecule has 3 aromatic carbocycles. The number of rotatable bonds is 14. The quantitative estimate of drug-likeness (QED) is 0.241. The SMILES string of the molecule is CC[C@H](C(=O)NCC(C)C)N(Cc1cccc(OC)c1)C(=O)CN(c1ccc(C)cc1)S(=O)(=O)c1ccc(OC)c(Br)c1. The third-order valence-electron chi connectivity index (χ3n) is 6.87. The highest BCUT2D eigenvalue weighted by molar-refractivity contribution is 9.10. The molecule has 0 aromatic heterocycles. The van der Waals surface area contributed by atoms with Crippen LogP contribution >= 0.6 is 15.9 Å². The molecule has 0 spiro atoms. The fraction of sp³-hybridized carbons (Fsp3) is 0.375. The lowest BCUT2D eigenvalue weighted by molar-refractivity contribution is -0.140. The summed E-state index contributed by atoms with van der Waals surface area (Å²) in [5.74, 6) is 0.480. The molecule has 3 rings (SSSR count). The molecular weight excluding hydrogens is 634 g/mol. The molecule has 1 atom stereocenters. The zero-order valence-electron chi connectivity index (χ0n) is 25.5. The minimum Gasteiger partial charge on any atom is -0.497 e. The number of ether oxygens (including phenoxy) is 2. The minimum absolute atomic E-state index is 0.0189. The molecule has 0 aliphatic carbocycles. The van der Waals surface area contributed by atoms with Gasteiger partial charge >= 0.3 is 0 Å². The fourth-order valence-electron chi connectivity index (χ4n) is 4.48. The number of halogens is 1. The van der Waals surface area contributed by atoms with E-state index < -0.39 is 28.5 Å². The Morgan fingerprint density at radius 3 is 2.26 bits per heavy atom. The predicted octanol–water partition coefficient (Wildman–Crippen LogP) is 5.55. The number of amides is 2. The number of benzene rings is 3. The predicted molar refractivity (Wildman–Crippen MR) is 172 cm³/mol. The fourth-order valence-corrected chi connectivity index (χ4v) is 6.62. The highest BCUT2D eigenvalue weighted by atomic mass is 79.9. The van der Waals surface area contributed by atoms with Crippen molar-refractivity contribution in [3.05, 3.63) is 82.3 Å². The summed E-state index contributed by atoms with van der Waals surface area (Å²) in [5.41, 5.74) is 2.00. The molecule has 0 saturated heterocycles. The van der Waals surface area contributed by atoms with Crippen LogP contribution < -0.4 is 19.1 Å². The number of hydrogen-bond acceptors (Lipinski definition) is 6. The number of nitrogens with one attached hydrogen (secondary N) is 1. The molecule has 0 aliphatic rings. The number of carbonyl (C=O) groups is 2. The average Bonchev–Trinajstić information content (AvgIpc) is 2.99. The number of methoxy groups -OCH3 is 2. The van der Waals surface area contributed by atoms with E-state index in [0.717, 1.165) is 15.4 Å². The van der Waals surface area contributed by atoms with Gasteiger partial charge in [-0.05, 0) is 83.2 Å². The Kier molecular flexibility index (Phi) is 12.0. The third-order valence-corrected chi connectivity index (χ3v) is 9.26. The first-order chi connectivity index (χ1) is 20.4. The second kappa shape index (κ2) is 15.2. The zero-order valence-corrected chi connectivity index (χ0v) is 27.9. The highest BCUT2D eigenvalue weighted by Gasteiger charge is 2.34. The topological polar surface area (TPSA) is 105 Å². The molecule has 3 aromatic rings. The number of aryl methyl sites for hydroxylation is 1. The van der Waals surface area contributed by atoms with E-state index in [4.69, 9.17) is 9.47 Å². The maximum atomic E-state index is 14.2. The first-order valence-corrected chi connectivity index (χ1v) is 16.3. The van der Waals surface area contributed by atoms with Crippen molar-refractivity contribution in [3.63, 3.8) is 0 Å². The van der Waals surface area contributed by atoms with Crippen LogP contribution in [0.3, 0.4) is 0 Å². The minimum atomic E-state index is -4.22. The smallest absolute Gasteiger partial charge is 0.264 e. The van der Waals surface area contributed by atoms with Crippen LogP contribution in [0.15, 0.2) is 76.1 Å². The van der Waals surface area contributed by atoms with Crippen LogP contribution in [-0.2, 0) is 26.2 Å². The molecule has 0 radical (unpaired) electrons. The van der Waals surface area contributed by atoms with Gasteiger partial charge in [0.25, 0.3) is 10.0 Å². The molecule has 11 heteroatoms. The summed E-state index contributed by atoms with van der Waals surface area (Å²) in [6.07, 6.45) is 0.336. The van der Waals surface area contributed by atoms with Crippen molar-refractivity contribution >= 4 is 43.5 Å². The lowest BCUT2D eigenvalue weighted by Gasteiger charge is -2.33. The number of anilines is 1. The van der Waals surface area contributed by atoms with Crippen molar-refractivity contribution < 1.29 is 27.5 Å². The van der Waals surface area contributed by atoms with E-state index in [2.05, 4.69) is 21.2 Å². The van der Waals surface area contributed by atoms with Gasteiger partial charge in [-0.1, -0.05) is 50.6 Å². The van der Waals surface area contributed by atoms with Gasteiger partial charge in [0.15, 0.2) is 0 Å². The van der Waals surface area contributed by atoms with Gasteiger partial charge in [-0.3, -0.25) is 13.9 Å². The standard InChI is InChI=1S/C32H40BrN3O6S/c1-7-29(32(38)34-19-22(2)3)35(20-24-9-8-10-26(17-24)41-5)31(37)21-36(25-13-11-23(4)12-14-25)43(39,40)27-15-16-30(42-6)28(33)18-27/h8-18,22,29H,7,19-21H2,1-6H3,(H,34,38)/t29-/m1/s1. The van der Waals surface area contributed by atoms with Crippen molar-refractivity contribution in [1.29, 1.82) is 0 Å². The second-order valence-electron chi connectivity index (χ2n) is 10.6. The lowest BCUT2D eigenvalue weighted by Crippen LogP contribution is -2.52. The van der Waals surface area contributed by atoms with E-state index in [1.54, 1.807) is 55.6 Å². The maximum absolute atomic E-state index is 14.2. The molecule has 0 saturated carbocycles. The Bertz CT molecular complexity index is 1510. The van der Waals surface area contributed by atoms with Crippen LogP contribution in [0.1, 0.15) is 38.3 Å². The Labute approximate surface area is 263 Å². The largest absolute Gasteiger partial charge is 0.497 e. The van der Waals surface area contributed by atoms with E-state index in [-0.39, 0.29) is 23.3 Å². The van der Waals surface area contributed by atoms with Gasteiger partial charge < -0.3 is 19.7 Å². The van der Waals surface area contributed by atoms with Gasteiger partial charge in [0.1, 0.15) is 24.1 Å². The second-order valence-corrected chi connectivity index (χ2v) is 13.3. The average molecular weight is 675 g/mol. The molecule has 0 heterocycles. The van der Waals surface area contributed by atoms with Crippen molar-refractivity contribution in [2.75, 3.05) is 31.6 Å². The molecule has 0 bridgehead atoms. The van der Waals surface area contributed by atoms with Gasteiger partial charge in [-0.25, -0.2) is 8.42 Å². The van der Waals surface area contributed by atoms with Crippen LogP contribution in [0, 0.1) is 12.8 Å². The summed E-state index contributed by atoms with van der Waals surface area (Å²) in [5, 5.41) is 2.93. The highest BCUT2D eigenvalue weighted by Crippen LogP contribution is 2.31. The number of carbonyl (C=O) groups excluding carboxylic acids is 2. The van der Waals surface area contributed by atoms with E-state index in [1.807, 2.05) is 33.8 Å². The Hall–Kier alpha value is -3.57. The van der Waals surface area contributed by atoms with E-state index in [9.17, 15) is 18.0 Å². The van der Waals surface area contributed by atoms with Crippen molar-refractivity contribution in [2.45, 2.75) is 51.6 Å². The van der Waals surface area contributed by atoms with Crippen molar-refractivity contribution in [3.8, 4) is 11.5 Å². The lowest BCUT2D eigenvalue weighted by atomic mass is 10.1. The van der Waals surface area contributed by atoms with Crippen LogP contribution in [-0.4, -0.2) is 58.5 Å². The van der Waals surface area contributed by atoms with Crippen LogP contribution in [0.2, 0.25) is 0 Å². The van der Waals surface area contributed by atoms with Gasteiger partial charge in [0, 0.05) is 13.1 Å². The molecule has 2 amide bonds. The first-order valence-electron chi connectivity index (χ1n) is 14.0. The van der Waals surface area contributed by atoms with Gasteiger partial charge in [0.2, 0.25) is 11.8 Å². The first kappa shape index (κ1) is 33.9. The summed E-state index contributed by atoms with van der Waals surface area (Å²) in [4.78, 5) is 29.0. The zero-order chi connectivity index (χ0) is 31.7. The Morgan fingerprint density at radius 2 is 1.67 bits per heavy atom. The third kappa shape index (κ3) is 8.73. The normalized spacial score (nSPS) is 12.0. The van der Waals surface area contributed by atoms with Gasteiger partial charge in [0.05, 0.1) is 29.3 Å². The van der Waals surface area contributed by atoms with E-state index in [0.29, 0.717) is 34.6 Å². The monoisotopic (exact) mass is 673 g/mol. The van der Waals surface area contributed by atoms with Crippen molar-refractivity contribution in [2.24, 2.45) is 5.92 Å². The molecule has 9 nitrogen and oxygen atoms in total. The summed E-state index contributed by atoms with van der Waals surface area (Å²) < 4.78 is 40.4. The molecule has 232 valence electrons. The molecule has 43 heavy (non-hydrogen) atoms. The van der Waals surface area contributed by atoms with Crippen molar-refractivity contribution in [1.82, 2.24) is 10.2 Å². The molecule has 0 unspecified atom stereocenters. The number of sulfonamides is 1. The van der Waals surface area contributed by atoms with Crippen LogP contribution in [0.4, 0.5) is 5.69 Å². The molecule has 0 fully saturated rings. The van der Waals surface area contributed by atoms with Crippen LogP contribution in [0.25, 0.3) is 0 Å². The Balaban J connectivity index is 2.08. The van der Waals surface area contributed by atoms with Gasteiger partial charge in [-0.2, -0.15) is 0 Å². The van der Waals surface area contributed by atoms with E-state index >= 15 is 0 Å².